The third-order valence-corrected chi connectivity index (χ3v) is 7.45. The molecule has 6 rings (SSSR count). The highest BCUT2D eigenvalue weighted by molar-refractivity contribution is 6.11. The van der Waals surface area contributed by atoms with Crippen molar-refractivity contribution in [3.63, 3.8) is 0 Å². The van der Waals surface area contributed by atoms with Gasteiger partial charge in [-0.1, -0.05) is 18.2 Å². The Morgan fingerprint density at radius 3 is 2.52 bits per heavy atom. The van der Waals surface area contributed by atoms with Crippen LogP contribution in [0.3, 0.4) is 0 Å². The first kappa shape index (κ1) is 27.0. The number of halogens is 1. The number of ether oxygens (including phenoxy) is 1. The molecule has 0 unspecified atom stereocenters. The van der Waals surface area contributed by atoms with Gasteiger partial charge in [-0.25, -0.2) is 14.2 Å². The number of aromatic amines is 1. The molecule has 4 heterocycles. The van der Waals surface area contributed by atoms with E-state index in [9.17, 15) is 18.8 Å². The molecule has 0 atom stereocenters. The van der Waals surface area contributed by atoms with Crippen molar-refractivity contribution in [2.45, 2.75) is 19.4 Å². The molecule has 0 saturated carbocycles. The molecule has 4 aromatic rings. The topological polar surface area (TPSA) is 120 Å². The quantitative estimate of drug-likeness (QED) is 0.285. The van der Waals surface area contributed by atoms with Gasteiger partial charge in [0.15, 0.2) is 17.3 Å². The van der Waals surface area contributed by atoms with Crippen molar-refractivity contribution in [1.82, 2.24) is 19.8 Å². The van der Waals surface area contributed by atoms with E-state index in [0.29, 0.717) is 41.3 Å². The fourth-order valence-corrected chi connectivity index (χ4v) is 5.41. The second-order valence-electron chi connectivity index (χ2n) is 10.2. The number of aromatic nitrogens is 2. The summed E-state index contributed by atoms with van der Waals surface area (Å²) in [7, 11) is 1.35. The van der Waals surface area contributed by atoms with Crippen molar-refractivity contribution >= 4 is 34.9 Å². The number of benzene rings is 2. The molecule has 214 valence electrons. The van der Waals surface area contributed by atoms with Gasteiger partial charge in [0.2, 0.25) is 0 Å². The molecule has 0 aliphatic carbocycles. The van der Waals surface area contributed by atoms with Crippen molar-refractivity contribution < 1.29 is 23.5 Å². The molecule has 2 aromatic heterocycles. The monoisotopic (exact) mass is 568 g/mol. The number of nitrogens with one attached hydrogen (secondary N) is 3. The summed E-state index contributed by atoms with van der Waals surface area (Å²) in [6.45, 7) is 1.56. The molecule has 0 spiro atoms. The Labute approximate surface area is 241 Å². The van der Waals surface area contributed by atoms with Crippen LogP contribution in [0.1, 0.15) is 39.3 Å². The lowest BCUT2D eigenvalue weighted by Gasteiger charge is -2.30. The second kappa shape index (κ2) is 11.4. The van der Waals surface area contributed by atoms with Crippen LogP contribution in [0.15, 0.2) is 66.9 Å². The summed E-state index contributed by atoms with van der Waals surface area (Å²) >= 11 is 0. The zero-order chi connectivity index (χ0) is 29.2. The molecule has 0 radical (unpaired) electrons. The fraction of sp³-hybridized carbons (Fsp3) is 0.226. The number of anilines is 3. The van der Waals surface area contributed by atoms with Crippen LogP contribution in [0.5, 0.6) is 5.75 Å². The summed E-state index contributed by atoms with van der Waals surface area (Å²) in [6, 6.07) is 16.7. The van der Waals surface area contributed by atoms with Gasteiger partial charge in [-0.3, -0.25) is 9.59 Å². The number of para-hydroxylation sites is 1. The molecule has 42 heavy (non-hydrogen) atoms. The molecule has 11 heteroatoms. The molecule has 2 aromatic carbocycles. The second-order valence-corrected chi connectivity index (χ2v) is 10.2. The summed E-state index contributed by atoms with van der Waals surface area (Å²) < 4.78 is 19.3. The number of likely N-dealkylation sites (tertiary alicyclic amines) is 1. The lowest BCUT2D eigenvalue weighted by molar-refractivity contribution is 0.0896. The Morgan fingerprint density at radius 1 is 1.00 bits per heavy atom. The molecule has 2 aliphatic rings. The number of pyridine rings is 1. The number of nitrogens with zero attached hydrogens (tertiary/aromatic N) is 3. The third kappa shape index (κ3) is 5.16. The zero-order valence-electron chi connectivity index (χ0n) is 22.9. The van der Waals surface area contributed by atoms with E-state index in [2.05, 4.69) is 20.6 Å². The van der Waals surface area contributed by atoms with Crippen molar-refractivity contribution in [3.05, 3.63) is 89.5 Å². The van der Waals surface area contributed by atoms with Crippen LogP contribution < -0.4 is 15.4 Å². The molecule has 1 fully saturated rings. The van der Waals surface area contributed by atoms with Crippen molar-refractivity contribution in [3.8, 4) is 17.0 Å². The van der Waals surface area contributed by atoms with Gasteiger partial charge in [-0.05, 0) is 55.3 Å². The molecule has 0 bridgehead atoms. The van der Waals surface area contributed by atoms with Crippen LogP contribution in [-0.2, 0) is 6.54 Å². The number of H-pyrrole nitrogens is 1. The molecule has 3 N–H and O–H groups in total. The number of Topliss-reactive ketones (excluding diaryl/α,β-unsaturated/α-hetero) is 1. The van der Waals surface area contributed by atoms with E-state index >= 15 is 0 Å². The SMILES string of the molecule is COc1ccc(C(=O)Nc2ncccc2-c2[nH]c3c(c2Nc2ccccc2)C(=O)CN(C(=O)N2CCCC2)C3)cc1F. The fourth-order valence-electron chi connectivity index (χ4n) is 5.41. The number of rotatable bonds is 6. The van der Waals surface area contributed by atoms with E-state index < -0.39 is 11.7 Å². The number of methoxy groups -OCH3 is 1. The van der Waals surface area contributed by atoms with Crippen LogP contribution >= 0.6 is 0 Å². The van der Waals surface area contributed by atoms with Gasteiger partial charge in [0, 0.05) is 41.8 Å². The maximum atomic E-state index is 14.3. The number of urea groups is 1. The summed E-state index contributed by atoms with van der Waals surface area (Å²) in [4.78, 5) is 51.0. The summed E-state index contributed by atoms with van der Waals surface area (Å²) in [5.74, 6) is -1.19. The minimum absolute atomic E-state index is 0.0283. The average Bonchev–Trinajstić information content (AvgIpc) is 3.67. The molecule has 3 amide bonds. The first-order chi connectivity index (χ1) is 20.4. The van der Waals surface area contributed by atoms with Crippen LogP contribution in [0.4, 0.5) is 26.4 Å². The minimum Gasteiger partial charge on any atom is -0.494 e. The molecule has 1 saturated heterocycles. The van der Waals surface area contributed by atoms with E-state index in [0.717, 1.165) is 24.6 Å². The average molecular weight is 569 g/mol. The third-order valence-electron chi connectivity index (χ3n) is 7.45. The van der Waals surface area contributed by atoms with Crippen LogP contribution in [0.25, 0.3) is 11.3 Å². The van der Waals surface area contributed by atoms with Crippen molar-refractivity contribution in [2.24, 2.45) is 0 Å². The Bertz CT molecular complexity index is 1670. The van der Waals surface area contributed by atoms with Gasteiger partial charge >= 0.3 is 6.03 Å². The number of amides is 3. The van der Waals surface area contributed by atoms with Crippen LogP contribution in [0, 0.1) is 5.82 Å². The smallest absolute Gasteiger partial charge is 0.320 e. The Kier molecular flexibility index (Phi) is 7.30. The van der Waals surface area contributed by atoms with E-state index in [1.807, 2.05) is 30.3 Å². The molecular formula is C31H29FN6O4. The minimum atomic E-state index is -0.663. The molecule has 2 aliphatic heterocycles. The maximum Gasteiger partial charge on any atom is 0.320 e. The first-order valence-corrected chi connectivity index (χ1v) is 13.7. The predicted molar refractivity (Wildman–Crippen MR) is 156 cm³/mol. The predicted octanol–water partition coefficient (Wildman–Crippen LogP) is 5.43. The number of hydrogen-bond acceptors (Lipinski definition) is 6. The Hall–Kier alpha value is -5.19. The van der Waals surface area contributed by atoms with Gasteiger partial charge in [0.05, 0.1) is 37.1 Å². The number of carbonyl (C=O) groups excluding carboxylic acids is 3. The van der Waals surface area contributed by atoms with Gasteiger partial charge < -0.3 is 30.2 Å². The van der Waals surface area contributed by atoms with Gasteiger partial charge in [-0.2, -0.15) is 0 Å². The zero-order valence-corrected chi connectivity index (χ0v) is 22.9. The highest BCUT2D eigenvalue weighted by Crippen LogP contribution is 2.40. The lowest BCUT2D eigenvalue weighted by atomic mass is 10.0. The van der Waals surface area contributed by atoms with Gasteiger partial charge in [0.1, 0.15) is 5.82 Å². The highest BCUT2D eigenvalue weighted by Gasteiger charge is 2.35. The van der Waals surface area contributed by atoms with Gasteiger partial charge in [-0.15, -0.1) is 0 Å². The number of carbonyl (C=O) groups is 3. The van der Waals surface area contributed by atoms with Crippen LogP contribution in [0.2, 0.25) is 0 Å². The lowest BCUT2D eigenvalue weighted by Crippen LogP contribution is -2.46. The Balaban J connectivity index is 1.38. The first-order valence-electron chi connectivity index (χ1n) is 13.7. The van der Waals surface area contributed by atoms with Crippen molar-refractivity contribution in [1.29, 1.82) is 0 Å². The molecular weight excluding hydrogens is 539 g/mol. The standard InChI is InChI=1S/C31H29FN6O4/c1-42-25-12-11-19(16-22(25)32)30(40)36-29-21(10-7-13-33-29)27-28(34-20-8-3-2-4-9-20)26-23(35-27)17-38(18-24(26)39)31(41)37-14-5-6-15-37/h2-4,7-13,16,34-35H,5-6,14-15,17-18H2,1H3,(H,33,36,40). The molecule has 10 nitrogen and oxygen atoms in total. The number of fused-ring (bicyclic) bond motifs is 1. The van der Waals surface area contributed by atoms with Gasteiger partial charge in [0.25, 0.3) is 5.91 Å². The maximum absolute atomic E-state index is 14.3. The van der Waals surface area contributed by atoms with E-state index in [4.69, 9.17) is 4.74 Å². The highest BCUT2D eigenvalue weighted by atomic mass is 19.1. The van der Waals surface area contributed by atoms with E-state index in [-0.39, 0.29) is 42.0 Å². The number of ketones is 1. The van der Waals surface area contributed by atoms with Crippen LogP contribution in [-0.4, -0.2) is 64.2 Å². The van der Waals surface area contributed by atoms with Crippen molar-refractivity contribution in [2.75, 3.05) is 37.4 Å². The Morgan fingerprint density at radius 2 is 1.79 bits per heavy atom. The summed E-state index contributed by atoms with van der Waals surface area (Å²) in [5, 5.41) is 6.15. The largest absolute Gasteiger partial charge is 0.494 e. The van der Waals surface area contributed by atoms with E-state index in [1.54, 1.807) is 21.9 Å². The summed E-state index contributed by atoms with van der Waals surface area (Å²) in [6.07, 6.45) is 3.44. The van der Waals surface area contributed by atoms with E-state index in [1.165, 1.54) is 25.4 Å². The normalized spacial score (nSPS) is 14.5. The summed E-state index contributed by atoms with van der Waals surface area (Å²) in [5.41, 5.74) is 3.45. The number of hydrogen-bond donors (Lipinski definition) is 3.